The number of rotatable bonds is 6. The Balaban J connectivity index is 1.32. The first kappa shape index (κ1) is 23.0. The van der Waals surface area contributed by atoms with Gasteiger partial charge >= 0.3 is 12.0 Å². The SMILES string of the molecule is NCc1cccc(NC(=O)Nc2ccc(C3CCC4C(=O)C(CC(=O)O)CCC4C3)cc2)c1. The quantitative estimate of drug-likeness (QED) is 0.507. The number of Topliss-reactive ketones (excluding diaryl/α,β-unsaturated/α-hetero) is 1. The van der Waals surface area contributed by atoms with Gasteiger partial charge in [0.25, 0.3) is 0 Å². The number of benzene rings is 2. The van der Waals surface area contributed by atoms with E-state index in [1.165, 1.54) is 5.56 Å². The summed E-state index contributed by atoms with van der Waals surface area (Å²) in [6.45, 7) is 0.415. The van der Waals surface area contributed by atoms with Crippen LogP contribution in [-0.4, -0.2) is 22.9 Å². The second kappa shape index (κ2) is 10.2. The molecule has 2 fully saturated rings. The number of hydrogen-bond donors (Lipinski definition) is 4. The number of carboxylic acids is 1. The number of fused-ring (bicyclic) bond motifs is 1. The van der Waals surface area contributed by atoms with Gasteiger partial charge in [-0.05, 0) is 79.3 Å². The van der Waals surface area contributed by atoms with Crippen LogP contribution in [0.25, 0.3) is 0 Å². The maximum atomic E-state index is 12.7. The van der Waals surface area contributed by atoms with E-state index in [0.29, 0.717) is 36.2 Å². The van der Waals surface area contributed by atoms with Gasteiger partial charge in [0.2, 0.25) is 0 Å². The number of anilines is 2. The lowest BCUT2D eigenvalue weighted by molar-refractivity contribution is -0.144. The number of ketones is 1. The molecule has 2 aliphatic rings. The van der Waals surface area contributed by atoms with E-state index in [1.807, 2.05) is 48.5 Å². The average Bonchev–Trinajstić information content (AvgIpc) is 2.81. The molecule has 0 bridgehead atoms. The van der Waals surface area contributed by atoms with Gasteiger partial charge in [0.15, 0.2) is 0 Å². The molecule has 7 heteroatoms. The van der Waals surface area contributed by atoms with Crippen LogP contribution in [0, 0.1) is 17.8 Å². The van der Waals surface area contributed by atoms with Gasteiger partial charge in [-0.3, -0.25) is 9.59 Å². The monoisotopic (exact) mass is 449 g/mol. The van der Waals surface area contributed by atoms with Crippen LogP contribution in [0.3, 0.4) is 0 Å². The molecule has 0 spiro atoms. The Labute approximate surface area is 193 Å². The molecule has 0 heterocycles. The summed E-state index contributed by atoms with van der Waals surface area (Å²) in [5.74, 6) is -0.288. The van der Waals surface area contributed by atoms with E-state index in [4.69, 9.17) is 10.8 Å². The molecule has 0 saturated heterocycles. The minimum Gasteiger partial charge on any atom is -0.481 e. The summed E-state index contributed by atoms with van der Waals surface area (Å²) in [5, 5.41) is 14.7. The fraction of sp³-hybridized carbons (Fsp3) is 0.423. The summed E-state index contributed by atoms with van der Waals surface area (Å²) >= 11 is 0. The van der Waals surface area contributed by atoms with E-state index < -0.39 is 5.97 Å². The van der Waals surface area contributed by atoms with Crippen molar-refractivity contribution >= 4 is 29.2 Å². The minimum absolute atomic E-state index is 0.0155. The van der Waals surface area contributed by atoms with Crippen LogP contribution >= 0.6 is 0 Å². The first-order chi connectivity index (χ1) is 15.9. The highest BCUT2D eigenvalue weighted by atomic mass is 16.4. The molecule has 4 unspecified atom stereocenters. The van der Waals surface area contributed by atoms with Crippen LogP contribution in [-0.2, 0) is 16.1 Å². The number of nitrogens with one attached hydrogen (secondary N) is 2. The Morgan fingerprint density at radius 1 is 0.970 bits per heavy atom. The number of nitrogens with two attached hydrogens (primary N) is 1. The van der Waals surface area contributed by atoms with Crippen molar-refractivity contribution in [1.82, 2.24) is 0 Å². The van der Waals surface area contributed by atoms with E-state index in [-0.39, 0.29) is 30.1 Å². The number of carbonyl (C=O) groups is 3. The fourth-order valence-electron chi connectivity index (χ4n) is 5.44. The van der Waals surface area contributed by atoms with Gasteiger partial charge in [-0.15, -0.1) is 0 Å². The molecule has 2 aromatic carbocycles. The zero-order chi connectivity index (χ0) is 23.4. The maximum absolute atomic E-state index is 12.7. The predicted molar refractivity (Wildman–Crippen MR) is 127 cm³/mol. The molecule has 2 amide bonds. The summed E-state index contributed by atoms with van der Waals surface area (Å²) in [7, 11) is 0. The summed E-state index contributed by atoms with van der Waals surface area (Å²) in [6.07, 6.45) is 4.29. The second-order valence-electron chi connectivity index (χ2n) is 9.26. The van der Waals surface area contributed by atoms with Gasteiger partial charge in [-0.2, -0.15) is 0 Å². The molecule has 2 saturated carbocycles. The van der Waals surface area contributed by atoms with E-state index in [2.05, 4.69) is 10.6 Å². The molecule has 0 radical (unpaired) electrons. The van der Waals surface area contributed by atoms with Crippen molar-refractivity contribution in [3.63, 3.8) is 0 Å². The van der Waals surface area contributed by atoms with Crippen molar-refractivity contribution < 1.29 is 19.5 Å². The van der Waals surface area contributed by atoms with E-state index in [9.17, 15) is 14.4 Å². The standard InChI is InChI=1S/C26H31N3O4/c27-15-16-2-1-3-22(12-16)29-26(33)28-21-9-6-17(7-10-21)18-8-11-23-19(13-18)4-5-20(25(23)32)14-24(30)31/h1-3,6-7,9-10,12,18-20,23H,4-5,8,11,13-15,27H2,(H,30,31)(H2,28,29,33). The van der Waals surface area contributed by atoms with E-state index >= 15 is 0 Å². The summed E-state index contributed by atoms with van der Waals surface area (Å²) in [4.78, 5) is 36.1. The summed E-state index contributed by atoms with van der Waals surface area (Å²) in [5.41, 5.74) is 9.22. The molecule has 4 atom stereocenters. The molecule has 5 N–H and O–H groups in total. The van der Waals surface area contributed by atoms with Crippen molar-refractivity contribution in [3.8, 4) is 0 Å². The van der Waals surface area contributed by atoms with E-state index in [0.717, 1.165) is 31.2 Å². The molecule has 0 aliphatic heterocycles. The zero-order valence-corrected chi connectivity index (χ0v) is 18.6. The van der Waals surface area contributed by atoms with Gasteiger partial charge < -0.3 is 21.5 Å². The lowest BCUT2D eigenvalue weighted by atomic mass is 9.63. The minimum atomic E-state index is -0.882. The van der Waals surface area contributed by atoms with Gasteiger partial charge in [0.05, 0.1) is 6.42 Å². The van der Waals surface area contributed by atoms with Crippen molar-refractivity contribution in [2.24, 2.45) is 23.5 Å². The van der Waals surface area contributed by atoms with Crippen LogP contribution in [0.4, 0.5) is 16.2 Å². The van der Waals surface area contributed by atoms with Gasteiger partial charge in [-0.1, -0.05) is 24.3 Å². The molecule has 2 aliphatic carbocycles. The largest absolute Gasteiger partial charge is 0.481 e. The van der Waals surface area contributed by atoms with Crippen LogP contribution in [0.15, 0.2) is 48.5 Å². The summed E-state index contributed by atoms with van der Waals surface area (Å²) < 4.78 is 0. The van der Waals surface area contributed by atoms with Crippen molar-refractivity contribution in [2.45, 2.75) is 51.0 Å². The summed E-state index contributed by atoms with van der Waals surface area (Å²) in [6, 6.07) is 15.0. The molecule has 0 aromatic heterocycles. The predicted octanol–water partition coefficient (Wildman–Crippen LogP) is 4.74. The number of carboxylic acid groups (broad SMARTS) is 1. The van der Waals surface area contributed by atoms with Gasteiger partial charge in [0, 0.05) is 29.8 Å². The topological polar surface area (TPSA) is 122 Å². The second-order valence-corrected chi connectivity index (χ2v) is 9.26. The van der Waals surface area contributed by atoms with Gasteiger partial charge in [0.1, 0.15) is 5.78 Å². The normalized spacial score (nSPS) is 24.6. The van der Waals surface area contributed by atoms with Crippen LogP contribution in [0.5, 0.6) is 0 Å². The number of aliphatic carboxylic acids is 1. The van der Waals surface area contributed by atoms with Crippen LogP contribution in [0.1, 0.15) is 55.6 Å². The highest BCUT2D eigenvalue weighted by Crippen LogP contribution is 2.46. The third-order valence-corrected chi connectivity index (χ3v) is 7.12. The molecule has 7 nitrogen and oxygen atoms in total. The third-order valence-electron chi connectivity index (χ3n) is 7.12. The number of hydrogen-bond acceptors (Lipinski definition) is 4. The first-order valence-electron chi connectivity index (χ1n) is 11.7. The average molecular weight is 450 g/mol. The number of urea groups is 1. The fourth-order valence-corrected chi connectivity index (χ4v) is 5.44. The third kappa shape index (κ3) is 5.60. The molecule has 2 aromatic rings. The lowest BCUT2D eigenvalue weighted by Crippen LogP contribution is -2.39. The Morgan fingerprint density at radius 3 is 2.45 bits per heavy atom. The Morgan fingerprint density at radius 2 is 1.73 bits per heavy atom. The molecule has 33 heavy (non-hydrogen) atoms. The highest BCUT2D eigenvalue weighted by Gasteiger charge is 2.42. The van der Waals surface area contributed by atoms with Crippen molar-refractivity contribution in [1.29, 1.82) is 0 Å². The van der Waals surface area contributed by atoms with Crippen LogP contribution < -0.4 is 16.4 Å². The lowest BCUT2D eigenvalue weighted by Gasteiger charge is -2.41. The highest BCUT2D eigenvalue weighted by molar-refractivity contribution is 5.99. The number of amides is 2. The maximum Gasteiger partial charge on any atom is 0.323 e. The van der Waals surface area contributed by atoms with Crippen molar-refractivity contribution in [3.05, 3.63) is 59.7 Å². The zero-order valence-electron chi connectivity index (χ0n) is 18.6. The molecule has 174 valence electrons. The Hall–Kier alpha value is -3.19. The Kier molecular flexibility index (Phi) is 7.08. The van der Waals surface area contributed by atoms with Crippen molar-refractivity contribution in [2.75, 3.05) is 10.6 Å². The Bertz CT molecular complexity index is 1020. The van der Waals surface area contributed by atoms with E-state index in [1.54, 1.807) is 0 Å². The smallest absolute Gasteiger partial charge is 0.323 e. The van der Waals surface area contributed by atoms with Crippen LogP contribution in [0.2, 0.25) is 0 Å². The molecular weight excluding hydrogens is 418 g/mol. The molecular formula is C26H31N3O4. The first-order valence-corrected chi connectivity index (χ1v) is 11.7. The molecule has 4 rings (SSSR count). The van der Waals surface area contributed by atoms with Gasteiger partial charge in [-0.25, -0.2) is 4.79 Å². The number of carbonyl (C=O) groups excluding carboxylic acids is 2.